The van der Waals surface area contributed by atoms with E-state index < -0.39 is 0 Å². The van der Waals surface area contributed by atoms with Gasteiger partial charge in [0.2, 0.25) is 0 Å². The van der Waals surface area contributed by atoms with E-state index in [0.717, 1.165) is 22.5 Å². The average molecular weight is 338 g/mol. The van der Waals surface area contributed by atoms with Crippen molar-refractivity contribution in [2.24, 2.45) is 0 Å². The Labute approximate surface area is 142 Å². The lowest BCUT2D eigenvalue weighted by Gasteiger charge is -2.05. The van der Waals surface area contributed by atoms with Gasteiger partial charge in [0, 0.05) is 19.2 Å². The molecular formula is C17H15FN6O. The van der Waals surface area contributed by atoms with Gasteiger partial charge in [-0.3, -0.25) is 0 Å². The molecule has 1 aromatic carbocycles. The molecule has 3 aromatic heterocycles. The molecule has 7 nitrogen and oxygen atoms in total. The van der Waals surface area contributed by atoms with Crippen molar-refractivity contribution in [3.05, 3.63) is 60.1 Å². The number of rotatable bonds is 5. The smallest absolute Gasteiger partial charge is 0.263 e. The summed E-state index contributed by atoms with van der Waals surface area (Å²) in [4.78, 5) is 8.30. The van der Waals surface area contributed by atoms with E-state index in [9.17, 15) is 4.39 Å². The summed E-state index contributed by atoms with van der Waals surface area (Å²) in [5, 5.41) is 12.5. The van der Waals surface area contributed by atoms with Gasteiger partial charge in [-0.15, -0.1) is 0 Å². The van der Waals surface area contributed by atoms with E-state index in [0.29, 0.717) is 24.5 Å². The van der Waals surface area contributed by atoms with Crippen molar-refractivity contribution in [2.45, 2.75) is 13.3 Å². The third-order valence-electron chi connectivity index (χ3n) is 3.85. The van der Waals surface area contributed by atoms with Crippen LogP contribution >= 0.6 is 0 Å². The highest BCUT2D eigenvalue weighted by atomic mass is 19.1. The molecule has 0 saturated carbocycles. The first-order valence-corrected chi connectivity index (χ1v) is 7.82. The fourth-order valence-corrected chi connectivity index (χ4v) is 2.60. The number of halogens is 1. The van der Waals surface area contributed by atoms with E-state index in [1.807, 2.05) is 19.2 Å². The van der Waals surface area contributed by atoms with Gasteiger partial charge in [0.1, 0.15) is 23.3 Å². The molecule has 25 heavy (non-hydrogen) atoms. The Hall–Kier alpha value is -3.29. The van der Waals surface area contributed by atoms with Crippen LogP contribution in [-0.4, -0.2) is 31.4 Å². The Morgan fingerprint density at radius 3 is 2.84 bits per heavy atom. The molecule has 1 N–H and O–H groups in total. The van der Waals surface area contributed by atoms with Gasteiger partial charge in [0.25, 0.3) is 5.71 Å². The molecule has 0 amide bonds. The number of hydrogen-bond donors (Lipinski definition) is 1. The van der Waals surface area contributed by atoms with Gasteiger partial charge >= 0.3 is 0 Å². The molecule has 0 radical (unpaired) electrons. The normalized spacial score (nSPS) is 11.1. The average Bonchev–Trinajstić information content (AvgIpc) is 3.24. The minimum absolute atomic E-state index is 0.263. The number of benzene rings is 1. The highest BCUT2D eigenvalue weighted by Crippen LogP contribution is 2.22. The van der Waals surface area contributed by atoms with Crippen LogP contribution < -0.4 is 5.32 Å². The van der Waals surface area contributed by atoms with Crippen molar-refractivity contribution in [2.75, 3.05) is 11.9 Å². The van der Waals surface area contributed by atoms with Crippen LogP contribution in [0.2, 0.25) is 0 Å². The Bertz CT molecular complexity index is 1010. The summed E-state index contributed by atoms with van der Waals surface area (Å²) < 4.78 is 19.8. The van der Waals surface area contributed by atoms with Gasteiger partial charge in [0.05, 0.1) is 17.1 Å². The van der Waals surface area contributed by atoms with Crippen LogP contribution in [0.3, 0.4) is 0 Å². The zero-order valence-corrected chi connectivity index (χ0v) is 13.5. The first kappa shape index (κ1) is 15.3. The van der Waals surface area contributed by atoms with Gasteiger partial charge in [-0.1, -0.05) is 5.16 Å². The molecule has 126 valence electrons. The van der Waals surface area contributed by atoms with Crippen LogP contribution in [0.1, 0.15) is 11.4 Å². The molecule has 0 saturated heterocycles. The van der Waals surface area contributed by atoms with Crippen LogP contribution in [0.5, 0.6) is 0 Å². The number of hydrogen-bond acceptors (Lipinski definition) is 6. The molecule has 3 heterocycles. The molecule has 4 aromatic rings. The lowest BCUT2D eigenvalue weighted by molar-refractivity contribution is 0.442. The Kier molecular flexibility index (Phi) is 3.85. The highest BCUT2D eigenvalue weighted by Gasteiger charge is 2.11. The zero-order chi connectivity index (χ0) is 17.2. The van der Waals surface area contributed by atoms with Crippen molar-refractivity contribution >= 4 is 16.9 Å². The Morgan fingerprint density at radius 1 is 1.16 bits per heavy atom. The molecule has 8 heteroatoms. The number of nitrogens with zero attached hydrogens (tertiary/aromatic N) is 5. The minimum atomic E-state index is -0.263. The molecule has 4 rings (SSSR count). The SMILES string of the molecule is Cc1noc2ncnc(NCCc3ccn(-c4ccc(F)cc4)n3)c12. The Balaban J connectivity index is 1.43. The summed E-state index contributed by atoms with van der Waals surface area (Å²) in [6.07, 6.45) is 4.01. The molecule has 0 aliphatic heterocycles. The lowest BCUT2D eigenvalue weighted by Crippen LogP contribution is -2.08. The second-order valence-corrected chi connectivity index (χ2v) is 5.58. The maximum absolute atomic E-state index is 13.0. The fraction of sp³-hybridized carbons (Fsp3) is 0.176. The molecule has 0 spiro atoms. The van der Waals surface area contributed by atoms with Crippen LogP contribution in [0, 0.1) is 12.7 Å². The van der Waals surface area contributed by atoms with E-state index in [1.54, 1.807) is 16.8 Å². The molecule has 0 bridgehead atoms. The predicted molar refractivity (Wildman–Crippen MR) is 90.1 cm³/mol. The standard InChI is InChI=1S/C17H15FN6O/c1-11-15-16(20-10-21-17(15)25-23-11)19-8-6-13-7-9-24(22-13)14-4-2-12(18)3-5-14/h2-5,7,9-10H,6,8H2,1H3,(H,19,20,21). The van der Waals surface area contributed by atoms with E-state index in [1.165, 1.54) is 18.5 Å². The summed E-state index contributed by atoms with van der Waals surface area (Å²) >= 11 is 0. The number of aromatic nitrogens is 5. The maximum atomic E-state index is 13.0. The van der Waals surface area contributed by atoms with E-state index >= 15 is 0 Å². The van der Waals surface area contributed by atoms with Gasteiger partial charge in [-0.25, -0.2) is 14.1 Å². The summed E-state index contributed by atoms with van der Waals surface area (Å²) in [5.41, 5.74) is 2.96. The molecule has 0 atom stereocenters. The number of nitrogens with one attached hydrogen (secondary N) is 1. The number of anilines is 1. The molecular weight excluding hydrogens is 323 g/mol. The monoisotopic (exact) mass is 338 g/mol. The lowest BCUT2D eigenvalue weighted by atomic mass is 10.3. The quantitative estimate of drug-likeness (QED) is 0.602. The van der Waals surface area contributed by atoms with Gasteiger partial charge in [0.15, 0.2) is 0 Å². The van der Waals surface area contributed by atoms with Crippen molar-refractivity contribution in [3.8, 4) is 5.69 Å². The molecule has 0 aliphatic rings. The molecule has 0 aliphatic carbocycles. The summed E-state index contributed by atoms with van der Waals surface area (Å²) in [6, 6.07) is 8.15. The van der Waals surface area contributed by atoms with Crippen LogP contribution in [0.4, 0.5) is 10.2 Å². The van der Waals surface area contributed by atoms with Gasteiger partial charge < -0.3 is 9.84 Å². The van der Waals surface area contributed by atoms with E-state index in [2.05, 4.69) is 25.5 Å². The van der Waals surface area contributed by atoms with Crippen molar-refractivity contribution < 1.29 is 8.91 Å². The number of aryl methyl sites for hydroxylation is 1. The first-order valence-electron chi connectivity index (χ1n) is 7.82. The van der Waals surface area contributed by atoms with E-state index in [-0.39, 0.29) is 5.82 Å². The van der Waals surface area contributed by atoms with Crippen LogP contribution in [0.15, 0.2) is 47.4 Å². The predicted octanol–water partition coefficient (Wildman–Crippen LogP) is 2.91. The molecule has 0 fully saturated rings. The van der Waals surface area contributed by atoms with Crippen molar-refractivity contribution in [3.63, 3.8) is 0 Å². The zero-order valence-electron chi connectivity index (χ0n) is 13.5. The maximum Gasteiger partial charge on any atom is 0.263 e. The topological polar surface area (TPSA) is 81.7 Å². The number of fused-ring (bicyclic) bond motifs is 1. The highest BCUT2D eigenvalue weighted by molar-refractivity contribution is 5.87. The van der Waals surface area contributed by atoms with Crippen LogP contribution in [0.25, 0.3) is 16.8 Å². The first-order chi connectivity index (χ1) is 12.2. The summed E-state index contributed by atoms with van der Waals surface area (Å²) in [5.74, 6) is 0.433. The molecule has 0 unspecified atom stereocenters. The van der Waals surface area contributed by atoms with Crippen molar-refractivity contribution in [1.82, 2.24) is 24.9 Å². The Morgan fingerprint density at radius 2 is 2.00 bits per heavy atom. The van der Waals surface area contributed by atoms with Gasteiger partial charge in [-0.2, -0.15) is 10.1 Å². The van der Waals surface area contributed by atoms with Gasteiger partial charge in [-0.05, 0) is 37.3 Å². The van der Waals surface area contributed by atoms with E-state index in [4.69, 9.17) is 4.52 Å². The second kappa shape index (κ2) is 6.31. The third-order valence-corrected chi connectivity index (χ3v) is 3.85. The summed E-state index contributed by atoms with van der Waals surface area (Å²) in [7, 11) is 0. The van der Waals surface area contributed by atoms with Crippen molar-refractivity contribution in [1.29, 1.82) is 0 Å². The second-order valence-electron chi connectivity index (χ2n) is 5.58. The van der Waals surface area contributed by atoms with Crippen LogP contribution in [-0.2, 0) is 6.42 Å². The third kappa shape index (κ3) is 3.06. The fourth-order valence-electron chi connectivity index (χ4n) is 2.60. The largest absolute Gasteiger partial charge is 0.369 e. The minimum Gasteiger partial charge on any atom is -0.369 e. The summed E-state index contributed by atoms with van der Waals surface area (Å²) in [6.45, 7) is 2.50.